The summed E-state index contributed by atoms with van der Waals surface area (Å²) in [5, 5.41) is -0.831. The van der Waals surface area contributed by atoms with Crippen LogP contribution in [0.15, 0.2) is 267 Å². The largest absolute Gasteiger partial charge is 0.510 e. The molecule has 0 saturated carbocycles. The van der Waals surface area contributed by atoms with Gasteiger partial charge in [-0.3, -0.25) is 4.57 Å². The van der Waals surface area contributed by atoms with Crippen LogP contribution in [0.1, 0.15) is 116 Å². The smallest absolute Gasteiger partial charge is 0.268 e. The van der Waals surface area contributed by atoms with E-state index < -0.39 is 151 Å². The SMILES string of the molecule is [2H]c1c([2H])c([2H])c(-c2cnc(-n3c4[c-]c(Oc5[c-]c(-n6[c-][n+](-c7c(-c8cccc(C(C)(C)C)c8)cccc7-c7cc(C(C)(C)C)cc(C(C)(C)C)c7)c7ccc([Si](c8c([2H])c([2H])c([2H])c([2H])c8[2H])(c8c([2H])c([2H])c([2H])c([2H])c8[2H])c8c([2H])c([2H])c([2H])c([2H])c8[2H])cc76)ccc5)ccc4c4ccccc43)cc2C([2H])([2H])[2H])c([2H])c1[2H].[Pt]. The van der Waals surface area contributed by atoms with Gasteiger partial charge < -0.3 is 13.9 Å². The van der Waals surface area contributed by atoms with Crippen LogP contribution in [0.4, 0.5) is 0 Å². The van der Waals surface area contributed by atoms with Gasteiger partial charge in [-0.15, -0.1) is 29.7 Å². The number of benzene rings is 11. The number of pyridine rings is 1. The molecule has 3 aromatic heterocycles. The summed E-state index contributed by atoms with van der Waals surface area (Å²) >= 11 is 0. The van der Waals surface area contributed by atoms with Gasteiger partial charge in [-0.05, 0) is 117 Å². The molecule has 14 rings (SSSR count). The van der Waals surface area contributed by atoms with Crippen molar-refractivity contribution in [1.29, 1.82) is 0 Å². The number of para-hydroxylation sites is 2. The molecular weight excluding hydrogens is 1320 g/mol. The van der Waals surface area contributed by atoms with Crippen molar-refractivity contribution in [3.63, 3.8) is 0 Å². The van der Waals surface area contributed by atoms with Gasteiger partial charge in [0.05, 0.1) is 44.1 Å². The van der Waals surface area contributed by atoms with E-state index in [0.717, 1.165) is 38.9 Å². The molecule has 0 unspecified atom stereocenters. The summed E-state index contributed by atoms with van der Waals surface area (Å²) in [6.45, 7) is 16.3. The van der Waals surface area contributed by atoms with E-state index in [-0.39, 0.29) is 87.7 Å². The number of hydrogen-bond acceptors (Lipinski definition) is 2. The summed E-state index contributed by atoms with van der Waals surface area (Å²) in [4.78, 5) is 4.74. The van der Waals surface area contributed by atoms with Gasteiger partial charge in [-0.2, -0.15) is 18.2 Å². The number of ether oxygens (including phenoxy) is 1. The number of nitrogens with zero attached hydrogens (tertiary/aromatic N) is 4. The van der Waals surface area contributed by atoms with Crippen LogP contribution in [-0.2, 0) is 37.3 Å². The first kappa shape index (κ1) is 39.7. The molecule has 7 heteroatoms. The van der Waals surface area contributed by atoms with E-state index in [2.05, 4.69) is 111 Å². The summed E-state index contributed by atoms with van der Waals surface area (Å²) < 4.78 is 223. The molecule has 5 nitrogen and oxygen atoms in total. The Hall–Kier alpha value is -9.45. The average molecular weight is 1410 g/mol. The summed E-state index contributed by atoms with van der Waals surface area (Å²) in [6, 6.07) is 32.4. The monoisotopic (exact) mass is 1410 g/mol. The second-order valence-electron chi connectivity index (χ2n) is 25.6. The molecule has 0 fully saturated rings. The van der Waals surface area contributed by atoms with Crippen LogP contribution in [0.2, 0.25) is 0 Å². The fourth-order valence-electron chi connectivity index (χ4n) is 11.9. The zero-order valence-electron chi connectivity index (χ0n) is 74.9. The van der Waals surface area contributed by atoms with Gasteiger partial charge in [-0.25, -0.2) is 4.98 Å². The van der Waals surface area contributed by atoms with E-state index in [4.69, 9.17) is 24.8 Å². The van der Waals surface area contributed by atoms with Gasteiger partial charge in [0.15, 0.2) is 8.07 Å². The Morgan fingerprint density at radius 2 is 1.05 bits per heavy atom. The molecule has 0 aliphatic rings. The summed E-state index contributed by atoms with van der Waals surface area (Å²) in [5.74, 6) is 0.262. The first-order chi connectivity index (χ1) is 53.4. The van der Waals surface area contributed by atoms with Crippen LogP contribution in [0.25, 0.3) is 83.4 Å². The number of aryl methyl sites for hydroxylation is 1. The molecule has 3 heterocycles. The van der Waals surface area contributed by atoms with Crippen molar-refractivity contribution in [2.75, 3.05) is 0 Å². The van der Waals surface area contributed by atoms with Gasteiger partial charge in [-0.1, -0.05) is 286 Å². The van der Waals surface area contributed by atoms with Gasteiger partial charge >= 0.3 is 0 Å². The molecule has 0 aliphatic heterocycles. The van der Waals surface area contributed by atoms with Gasteiger partial charge in [0.2, 0.25) is 0 Å². The first-order valence-electron chi connectivity index (χ1n) is 41.3. The Morgan fingerprint density at radius 3 is 1.68 bits per heavy atom. The van der Waals surface area contributed by atoms with E-state index in [1.165, 1.54) is 24.4 Å². The zero-order chi connectivity index (χ0) is 82.7. The Kier molecular flexibility index (Phi) is 10.5. The van der Waals surface area contributed by atoms with Crippen molar-refractivity contribution >= 4 is 61.7 Å². The molecule has 0 saturated heterocycles. The maximum atomic E-state index is 9.96. The molecular formula is C85H74N4OPtSi-2. The molecule has 0 atom stereocenters. The van der Waals surface area contributed by atoms with E-state index in [0.29, 0.717) is 33.0 Å². The fourth-order valence-corrected chi connectivity index (χ4v) is 15.7. The van der Waals surface area contributed by atoms with Crippen LogP contribution >= 0.6 is 0 Å². The summed E-state index contributed by atoms with van der Waals surface area (Å²) in [7, 11) is -5.74. The van der Waals surface area contributed by atoms with E-state index >= 15 is 0 Å². The normalized spacial score (nSPS) is 15.8. The first-order valence-corrected chi connectivity index (χ1v) is 31.8. The average Bonchev–Trinajstić information content (AvgIpc) is 1.20. The third-order valence-electron chi connectivity index (χ3n) is 16.6. The maximum absolute atomic E-state index is 9.96. The third-order valence-corrected chi connectivity index (χ3v) is 20.8. The Morgan fingerprint density at radius 1 is 0.478 bits per heavy atom. The molecule has 0 bridgehead atoms. The van der Waals surface area contributed by atoms with Crippen LogP contribution < -0.4 is 30.1 Å². The van der Waals surface area contributed by atoms with Gasteiger partial charge in [0.25, 0.3) is 6.33 Å². The minimum atomic E-state index is -5.74. The van der Waals surface area contributed by atoms with Crippen molar-refractivity contribution in [1.82, 2.24) is 14.1 Å². The van der Waals surface area contributed by atoms with Crippen LogP contribution in [0.5, 0.6) is 11.5 Å². The van der Waals surface area contributed by atoms with Gasteiger partial charge in [0.1, 0.15) is 5.82 Å². The second-order valence-corrected chi connectivity index (χ2v) is 29.2. The summed E-state index contributed by atoms with van der Waals surface area (Å²) in [6.07, 6.45) is 4.88. The Bertz CT molecular complexity index is 6120. The molecule has 14 aromatic rings. The predicted molar refractivity (Wildman–Crippen MR) is 381 cm³/mol. The molecule has 0 spiro atoms. The standard InChI is InChI=1S/C85H74N4OSi.Pt/c1-58-48-81(86-56-76(58)59-28-15-11-16-29-59)89-77-43-24-23-40-74(77)75-46-44-67(54-79(75)89)90-66-33-26-32-65(53-66)87-57-88(78-47-45-71(55-80(78)87)91(68-34-17-12-18-35-68,69-36-19-13-20-37-69)70-38-21-14-22-39-70)82-72(60-30-25-31-62(49-60)83(2,3)4)41-27-42-73(82)61-50-63(84(5,6)7)52-64(51-61)85(8,9)10;/h11-52,55-56H,1-10H3;/q-2;/i1D3,11D,12D,13D,14D,15D,16D,17D,18D,19D,20D,21D,22D,28D,29D,34D,35D,36D,37D,38D,39D;. The second kappa shape index (κ2) is 24.3. The molecule has 0 N–H and O–H groups in total. The van der Waals surface area contributed by atoms with Crippen LogP contribution in [0.3, 0.4) is 0 Å². The van der Waals surface area contributed by atoms with Crippen molar-refractivity contribution in [3.05, 3.63) is 307 Å². The number of aromatic nitrogens is 4. The topological polar surface area (TPSA) is 35.9 Å². The number of hydrogen-bond donors (Lipinski definition) is 0. The van der Waals surface area contributed by atoms with E-state index in [1.54, 1.807) is 57.7 Å². The molecule has 92 heavy (non-hydrogen) atoms. The minimum absolute atomic E-state index is 0. The predicted octanol–water partition coefficient (Wildman–Crippen LogP) is 18.2. The van der Waals surface area contributed by atoms with Crippen molar-refractivity contribution in [2.45, 2.75) is 85.4 Å². The third kappa shape index (κ3) is 11.3. The quantitative estimate of drug-likeness (QED) is 0.0529. The molecule has 456 valence electrons. The van der Waals surface area contributed by atoms with Crippen LogP contribution in [0, 0.1) is 25.3 Å². The molecule has 0 radical (unpaired) electrons. The molecule has 11 aromatic carbocycles. The number of rotatable bonds is 12. The summed E-state index contributed by atoms with van der Waals surface area (Å²) in [5.41, 5.74) is 6.48. The van der Waals surface area contributed by atoms with Gasteiger partial charge in [0, 0.05) is 54.0 Å². The van der Waals surface area contributed by atoms with Crippen molar-refractivity contribution < 1.29 is 61.9 Å². The Balaban J connectivity index is 0.0000115. The van der Waals surface area contributed by atoms with E-state index in [9.17, 15) is 16.4 Å². The fraction of sp³-hybridized carbons (Fsp3) is 0.153. The minimum Gasteiger partial charge on any atom is -0.510 e. The van der Waals surface area contributed by atoms with Crippen LogP contribution in [-0.4, -0.2) is 22.2 Å². The molecule has 0 aliphatic carbocycles. The zero-order valence-corrected chi connectivity index (χ0v) is 55.1. The number of fused-ring (bicyclic) bond motifs is 4. The van der Waals surface area contributed by atoms with Crippen molar-refractivity contribution in [3.8, 4) is 62.1 Å². The number of imidazole rings is 1. The van der Waals surface area contributed by atoms with E-state index in [1.807, 2.05) is 47.0 Å². The Labute approximate surface area is 589 Å². The molecule has 0 amide bonds. The van der Waals surface area contributed by atoms with Crippen molar-refractivity contribution in [2.24, 2.45) is 0 Å². The maximum Gasteiger partial charge on any atom is 0.268 e.